The van der Waals surface area contributed by atoms with E-state index in [1.54, 1.807) is 0 Å². The molecule has 0 nitrogen and oxygen atoms in total. The molecule has 1 aromatic rings. The first kappa shape index (κ1) is 11.8. The molecule has 0 fully saturated rings. The standard InChI is InChI=1S/C15H20/c1-10(2)13-7-8-14(11(3)4)15(9-13)12(5)6/h7-9,11H,1,5H2,2-4,6H3. The van der Waals surface area contributed by atoms with Gasteiger partial charge in [-0.2, -0.15) is 0 Å². The van der Waals surface area contributed by atoms with E-state index in [0.717, 1.165) is 11.1 Å². The summed E-state index contributed by atoms with van der Waals surface area (Å²) in [5.41, 5.74) is 6.07. The van der Waals surface area contributed by atoms with Crippen LogP contribution in [0.4, 0.5) is 0 Å². The van der Waals surface area contributed by atoms with Crippen LogP contribution in [0.5, 0.6) is 0 Å². The molecule has 0 spiro atoms. The fourth-order valence-corrected chi connectivity index (χ4v) is 1.69. The first-order valence-electron chi connectivity index (χ1n) is 5.39. The van der Waals surface area contributed by atoms with Gasteiger partial charge in [0, 0.05) is 0 Å². The Labute approximate surface area is 93.3 Å². The maximum absolute atomic E-state index is 4.04. The van der Waals surface area contributed by atoms with Gasteiger partial charge in [-0.3, -0.25) is 0 Å². The second-order valence-corrected chi connectivity index (χ2v) is 4.52. The van der Waals surface area contributed by atoms with Crippen LogP contribution in [0.3, 0.4) is 0 Å². The fourth-order valence-electron chi connectivity index (χ4n) is 1.69. The molecule has 0 N–H and O–H groups in total. The molecule has 0 atom stereocenters. The lowest BCUT2D eigenvalue weighted by atomic mass is 9.91. The van der Waals surface area contributed by atoms with E-state index in [2.05, 4.69) is 52.1 Å². The topological polar surface area (TPSA) is 0 Å². The SMILES string of the molecule is C=C(C)c1ccc(C(C)C)c(C(=C)C)c1. The highest BCUT2D eigenvalue weighted by Crippen LogP contribution is 2.27. The third-order valence-electron chi connectivity index (χ3n) is 2.63. The minimum absolute atomic E-state index is 0.538. The maximum Gasteiger partial charge on any atom is -0.0192 e. The predicted octanol–water partition coefficient (Wildman–Crippen LogP) is 4.88. The molecular weight excluding hydrogens is 180 g/mol. The highest BCUT2D eigenvalue weighted by molar-refractivity contribution is 5.71. The van der Waals surface area contributed by atoms with Crippen molar-refractivity contribution in [3.8, 4) is 0 Å². The van der Waals surface area contributed by atoms with Gasteiger partial charge in [0.05, 0.1) is 0 Å². The van der Waals surface area contributed by atoms with Crippen molar-refractivity contribution in [2.45, 2.75) is 33.6 Å². The van der Waals surface area contributed by atoms with E-state index in [-0.39, 0.29) is 0 Å². The number of hydrogen-bond donors (Lipinski definition) is 0. The Hall–Kier alpha value is -1.30. The van der Waals surface area contributed by atoms with Crippen molar-refractivity contribution in [2.24, 2.45) is 0 Å². The van der Waals surface area contributed by atoms with Gasteiger partial charge in [-0.05, 0) is 42.5 Å². The Bertz CT molecular complexity index is 394. The number of benzene rings is 1. The van der Waals surface area contributed by atoms with Crippen LogP contribution in [0.15, 0.2) is 31.4 Å². The van der Waals surface area contributed by atoms with Gasteiger partial charge in [-0.1, -0.05) is 50.3 Å². The van der Waals surface area contributed by atoms with E-state index in [4.69, 9.17) is 0 Å². The largest absolute Gasteiger partial charge is 0.0955 e. The lowest BCUT2D eigenvalue weighted by molar-refractivity contribution is 0.862. The Morgan fingerprint density at radius 1 is 1.07 bits per heavy atom. The fraction of sp³-hybridized carbons (Fsp3) is 0.333. The monoisotopic (exact) mass is 200 g/mol. The zero-order valence-electron chi connectivity index (χ0n) is 10.2. The van der Waals surface area contributed by atoms with Gasteiger partial charge in [0.2, 0.25) is 0 Å². The first-order chi connectivity index (χ1) is 6.93. The molecule has 0 radical (unpaired) electrons. The molecule has 0 heterocycles. The van der Waals surface area contributed by atoms with Gasteiger partial charge in [-0.15, -0.1) is 0 Å². The van der Waals surface area contributed by atoms with Crippen molar-refractivity contribution in [1.29, 1.82) is 0 Å². The Morgan fingerprint density at radius 2 is 1.67 bits per heavy atom. The summed E-state index contributed by atoms with van der Waals surface area (Å²) in [5, 5.41) is 0. The molecule has 1 aromatic carbocycles. The number of hydrogen-bond acceptors (Lipinski definition) is 0. The summed E-state index contributed by atoms with van der Waals surface area (Å²) >= 11 is 0. The number of rotatable bonds is 3. The van der Waals surface area contributed by atoms with E-state index in [1.807, 2.05) is 6.92 Å². The first-order valence-corrected chi connectivity index (χ1v) is 5.39. The highest BCUT2D eigenvalue weighted by Gasteiger charge is 2.08. The van der Waals surface area contributed by atoms with Crippen molar-refractivity contribution in [3.05, 3.63) is 48.0 Å². The highest BCUT2D eigenvalue weighted by atomic mass is 14.1. The van der Waals surface area contributed by atoms with E-state index in [1.165, 1.54) is 16.7 Å². The molecule has 0 heteroatoms. The molecule has 15 heavy (non-hydrogen) atoms. The third kappa shape index (κ3) is 2.59. The van der Waals surface area contributed by atoms with Crippen LogP contribution in [0.25, 0.3) is 11.1 Å². The van der Waals surface area contributed by atoms with Crippen molar-refractivity contribution in [1.82, 2.24) is 0 Å². The van der Waals surface area contributed by atoms with E-state index >= 15 is 0 Å². The summed E-state index contributed by atoms with van der Waals surface area (Å²) in [4.78, 5) is 0. The average Bonchev–Trinajstić information content (AvgIpc) is 2.16. The van der Waals surface area contributed by atoms with Crippen LogP contribution in [-0.2, 0) is 0 Å². The smallest absolute Gasteiger partial charge is 0.0192 e. The normalized spacial score (nSPS) is 10.5. The summed E-state index contributed by atoms with van der Waals surface area (Å²) in [5.74, 6) is 0.538. The second kappa shape index (κ2) is 4.48. The van der Waals surface area contributed by atoms with Gasteiger partial charge >= 0.3 is 0 Å². The Balaban J connectivity index is 3.33. The lowest BCUT2D eigenvalue weighted by Crippen LogP contribution is -1.95. The number of allylic oxidation sites excluding steroid dienone is 2. The van der Waals surface area contributed by atoms with Crippen molar-refractivity contribution >= 4 is 11.1 Å². The molecule has 0 bridgehead atoms. The maximum atomic E-state index is 4.04. The zero-order valence-corrected chi connectivity index (χ0v) is 10.2. The molecule has 0 aliphatic heterocycles. The van der Waals surface area contributed by atoms with Crippen LogP contribution >= 0.6 is 0 Å². The van der Waals surface area contributed by atoms with Crippen LogP contribution in [-0.4, -0.2) is 0 Å². The van der Waals surface area contributed by atoms with Crippen LogP contribution in [0, 0.1) is 0 Å². The molecule has 1 rings (SSSR count). The van der Waals surface area contributed by atoms with E-state index < -0.39 is 0 Å². The minimum Gasteiger partial charge on any atom is -0.0955 e. The zero-order chi connectivity index (χ0) is 11.6. The molecular formula is C15H20. The average molecular weight is 200 g/mol. The van der Waals surface area contributed by atoms with Gasteiger partial charge in [-0.25, -0.2) is 0 Å². The minimum atomic E-state index is 0.538. The van der Waals surface area contributed by atoms with Crippen molar-refractivity contribution in [2.75, 3.05) is 0 Å². The van der Waals surface area contributed by atoms with Crippen molar-refractivity contribution < 1.29 is 0 Å². The Morgan fingerprint density at radius 3 is 2.07 bits per heavy atom. The molecule has 0 aliphatic rings. The van der Waals surface area contributed by atoms with Gasteiger partial charge in [0.1, 0.15) is 0 Å². The summed E-state index contributed by atoms with van der Waals surface area (Å²) in [6.45, 7) is 16.5. The predicted molar refractivity (Wildman–Crippen MR) is 69.9 cm³/mol. The van der Waals surface area contributed by atoms with Gasteiger partial charge in [0.15, 0.2) is 0 Å². The lowest BCUT2D eigenvalue weighted by Gasteiger charge is -2.14. The van der Waals surface area contributed by atoms with E-state index in [0.29, 0.717) is 5.92 Å². The molecule has 0 saturated carbocycles. The molecule has 0 saturated heterocycles. The molecule has 0 amide bonds. The molecule has 80 valence electrons. The van der Waals surface area contributed by atoms with Crippen LogP contribution in [0.1, 0.15) is 50.3 Å². The molecule has 0 aliphatic carbocycles. The third-order valence-corrected chi connectivity index (χ3v) is 2.63. The molecule has 0 aromatic heterocycles. The second-order valence-electron chi connectivity index (χ2n) is 4.52. The summed E-state index contributed by atoms with van der Waals surface area (Å²) in [6.07, 6.45) is 0. The van der Waals surface area contributed by atoms with E-state index in [9.17, 15) is 0 Å². The van der Waals surface area contributed by atoms with Gasteiger partial charge in [0.25, 0.3) is 0 Å². The summed E-state index contributed by atoms with van der Waals surface area (Å²) < 4.78 is 0. The Kier molecular flexibility index (Phi) is 3.52. The quantitative estimate of drug-likeness (QED) is 0.652. The van der Waals surface area contributed by atoms with Crippen LogP contribution in [0.2, 0.25) is 0 Å². The summed E-state index contributed by atoms with van der Waals surface area (Å²) in [7, 11) is 0. The van der Waals surface area contributed by atoms with Crippen molar-refractivity contribution in [3.63, 3.8) is 0 Å². The molecule has 0 unspecified atom stereocenters. The van der Waals surface area contributed by atoms with Crippen LogP contribution < -0.4 is 0 Å². The van der Waals surface area contributed by atoms with Gasteiger partial charge < -0.3 is 0 Å². The summed E-state index contributed by atoms with van der Waals surface area (Å²) in [6, 6.07) is 6.53.